The number of thioether (sulfide) groups is 1. The molecule has 0 aliphatic heterocycles. The van der Waals surface area contributed by atoms with Crippen LogP contribution < -0.4 is 5.73 Å². The first-order chi connectivity index (χ1) is 8.78. The van der Waals surface area contributed by atoms with Crippen LogP contribution in [0.25, 0.3) is 0 Å². The summed E-state index contributed by atoms with van der Waals surface area (Å²) in [6.07, 6.45) is 5.48. The fourth-order valence-electron chi connectivity index (χ4n) is 2.20. The molecule has 100 valence electrons. The smallest absolute Gasteiger partial charge is 0.157 e. The first-order valence-electron chi connectivity index (χ1n) is 6.62. The van der Waals surface area contributed by atoms with Crippen LogP contribution in [0.5, 0.6) is 0 Å². The summed E-state index contributed by atoms with van der Waals surface area (Å²) >= 11 is 1.79. The van der Waals surface area contributed by atoms with Crippen molar-refractivity contribution in [2.75, 3.05) is 18.1 Å². The summed E-state index contributed by atoms with van der Waals surface area (Å²) in [5, 5.41) is 0.976. The molecule has 0 atom stereocenters. The molecule has 1 aliphatic carbocycles. The van der Waals surface area contributed by atoms with Crippen molar-refractivity contribution in [1.29, 1.82) is 0 Å². The highest BCUT2D eigenvalue weighted by atomic mass is 32.2. The van der Waals surface area contributed by atoms with Crippen LogP contribution in [0.3, 0.4) is 0 Å². The summed E-state index contributed by atoms with van der Waals surface area (Å²) in [6.45, 7) is 3.07. The normalized spacial score (nSPS) is 16.3. The molecular formula is C13H21N3OS. The fraction of sp³-hybridized carbons (Fsp3) is 0.692. The third kappa shape index (κ3) is 4.14. The lowest BCUT2D eigenvalue weighted by Gasteiger charge is -2.09. The number of nitrogen functional groups attached to an aromatic ring is 1. The molecule has 18 heavy (non-hydrogen) atoms. The van der Waals surface area contributed by atoms with E-state index in [1.165, 1.54) is 25.7 Å². The Kier molecular flexibility index (Phi) is 5.26. The Labute approximate surface area is 113 Å². The monoisotopic (exact) mass is 267 g/mol. The lowest BCUT2D eigenvalue weighted by molar-refractivity contribution is 0.128. The molecule has 2 rings (SSSR count). The maximum atomic E-state index is 5.79. The predicted molar refractivity (Wildman–Crippen MR) is 74.5 cm³/mol. The minimum absolute atomic E-state index is 0.443. The number of ether oxygens (including phenoxy) is 1. The largest absolute Gasteiger partial charge is 0.384 e. The van der Waals surface area contributed by atoms with Gasteiger partial charge in [-0.2, -0.15) is 0 Å². The van der Waals surface area contributed by atoms with E-state index >= 15 is 0 Å². The third-order valence-electron chi connectivity index (χ3n) is 3.15. The van der Waals surface area contributed by atoms with Crippen LogP contribution in [0.4, 0.5) is 5.82 Å². The average Bonchev–Trinajstić information content (AvgIpc) is 2.86. The van der Waals surface area contributed by atoms with Crippen LogP contribution in [-0.2, 0) is 11.3 Å². The van der Waals surface area contributed by atoms with Gasteiger partial charge in [0.1, 0.15) is 17.5 Å². The van der Waals surface area contributed by atoms with Gasteiger partial charge in [0, 0.05) is 18.4 Å². The summed E-state index contributed by atoms with van der Waals surface area (Å²) in [4.78, 5) is 8.66. The standard InChI is InChI=1S/C13H21N3OS/c1-2-17-8-12-15-11(14)7-13(16-12)18-9-10-5-3-4-6-10/h7,10H,2-6,8-9H2,1H3,(H2,14,15,16). The zero-order valence-electron chi connectivity index (χ0n) is 10.9. The third-order valence-corrected chi connectivity index (χ3v) is 4.29. The maximum Gasteiger partial charge on any atom is 0.157 e. The lowest BCUT2D eigenvalue weighted by atomic mass is 10.1. The molecule has 0 unspecified atom stereocenters. The molecule has 1 fully saturated rings. The van der Waals surface area contributed by atoms with Gasteiger partial charge in [-0.3, -0.25) is 0 Å². The molecular weight excluding hydrogens is 246 g/mol. The molecule has 0 amide bonds. The van der Waals surface area contributed by atoms with Gasteiger partial charge in [-0.05, 0) is 25.7 Å². The lowest BCUT2D eigenvalue weighted by Crippen LogP contribution is -2.04. The molecule has 0 bridgehead atoms. The highest BCUT2D eigenvalue weighted by Crippen LogP contribution is 2.30. The van der Waals surface area contributed by atoms with Crippen molar-refractivity contribution < 1.29 is 4.74 Å². The maximum absolute atomic E-state index is 5.79. The van der Waals surface area contributed by atoms with Crippen LogP contribution in [-0.4, -0.2) is 22.3 Å². The van der Waals surface area contributed by atoms with Gasteiger partial charge < -0.3 is 10.5 Å². The van der Waals surface area contributed by atoms with Crippen LogP contribution >= 0.6 is 11.8 Å². The van der Waals surface area contributed by atoms with E-state index in [9.17, 15) is 0 Å². The number of hydrogen-bond donors (Lipinski definition) is 1. The Balaban J connectivity index is 1.91. The second kappa shape index (κ2) is 6.95. The Morgan fingerprint density at radius 2 is 2.17 bits per heavy atom. The second-order valence-corrected chi connectivity index (χ2v) is 5.69. The van der Waals surface area contributed by atoms with E-state index in [2.05, 4.69) is 9.97 Å². The van der Waals surface area contributed by atoms with Crippen molar-refractivity contribution in [2.24, 2.45) is 5.92 Å². The molecule has 1 heterocycles. The molecule has 0 aromatic carbocycles. The number of nitrogens with zero attached hydrogens (tertiary/aromatic N) is 2. The number of rotatable bonds is 6. The van der Waals surface area contributed by atoms with Gasteiger partial charge in [-0.25, -0.2) is 9.97 Å². The van der Waals surface area contributed by atoms with E-state index in [4.69, 9.17) is 10.5 Å². The van der Waals surface area contributed by atoms with Gasteiger partial charge in [0.05, 0.1) is 0 Å². The SMILES string of the molecule is CCOCc1nc(N)cc(SCC2CCCC2)n1. The van der Waals surface area contributed by atoms with Gasteiger partial charge >= 0.3 is 0 Å². The summed E-state index contributed by atoms with van der Waals surface area (Å²) < 4.78 is 5.32. The molecule has 0 radical (unpaired) electrons. The van der Waals surface area contributed by atoms with Crippen LogP contribution in [0.1, 0.15) is 38.4 Å². The van der Waals surface area contributed by atoms with Crippen LogP contribution in [0.2, 0.25) is 0 Å². The molecule has 4 nitrogen and oxygen atoms in total. The van der Waals surface area contributed by atoms with Crippen molar-refractivity contribution in [1.82, 2.24) is 9.97 Å². The zero-order chi connectivity index (χ0) is 12.8. The van der Waals surface area contributed by atoms with E-state index in [0.717, 1.165) is 16.7 Å². The molecule has 0 spiro atoms. The number of anilines is 1. The topological polar surface area (TPSA) is 61.0 Å². The Morgan fingerprint density at radius 1 is 1.39 bits per heavy atom. The van der Waals surface area contributed by atoms with Gasteiger partial charge in [0.15, 0.2) is 5.82 Å². The minimum Gasteiger partial charge on any atom is -0.384 e. The highest BCUT2D eigenvalue weighted by molar-refractivity contribution is 7.99. The number of nitrogens with two attached hydrogens (primary N) is 1. The fourth-order valence-corrected chi connectivity index (χ4v) is 3.32. The number of aromatic nitrogens is 2. The summed E-state index contributed by atoms with van der Waals surface area (Å²) in [6, 6.07) is 1.86. The second-order valence-electron chi connectivity index (χ2n) is 4.65. The van der Waals surface area contributed by atoms with Crippen molar-refractivity contribution >= 4 is 17.6 Å². The summed E-state index contributed by atoms with van der Waals surface area (Å²) in [5.74, 6) is 3.21. The highest BCUT2D eigenvalue weighted by Gasteiger charge is 2.15. The molecule has 1 aliphatic rings. The first-order valence-corrected chi connectivity index (χ1v) is 7.60. The molecule has 2 N–H and O–H groups in total. The van der Waals surface area contributed by atoms with E-state index in [-0.39, 0.29) is 0 Å². The van der Waals surface area contributed by atoms with Gasteiger partial charge in [0.25, 0.3) is 0 Å². The van der Waals surface area contributed by atoms with E-state index in [1.54, 1.807) is 11.8 Å². The van der Waals surface area contributed by atoms with Crippen molar-refractivity contribution in [2.45, 2.75) is 44.2 Å². The van der Waals surface area contributed by atoms with E-state index < -0.39 is 0 Å². The van der Waals surface area contributed by atoms with Crippen molar-refractivity contribution in [3.63, 3.8) is 0 Å². The Morgan fingerprint density at radius 3 is 2.89 bits per heavy atom. The van der Waals surface area contributed by atoms with Crippen LogP contribution in [0.15, 0.2) is 11.1 Å². The van der Waals surface area contributed by atoms with Crippen molar-refractivity contribution in [3.8, 4) is 0 Å². The summed E-state index contributed by atoms with van der Waals surface area (Å²) in [5.41, 5.74) is 5.79. The van der Waals surface area contributed by atoms with Crippen LogP contribution in [0, 0.1) is 5.92 Å². The first kappa shape index (κ1) is 13.6. The zero-order valence-corrected chi connectivity index (χ0v) is 11.7. The molecule has 1 aromatic rings. The minimum atomic E-state index is 0.443. The van der Waals surface area contributed by atoms with E-state index in [0.29, 0.717) is 24.9 Å². The number of hydrogen-bond acceptors (Lipinski definition) is 5. The molecule has 1 saturated carbocycles. The summed E-state index contributed by atoms with van der Waals surface area (Å²) in [7, 11) is 0. The quantitative estimate of drug-likeness (QED) is 0.634. The van der Waals surface area contributed by atoms with E-state index in [1.807, 2.05) is 13.0 Å². The van der Waals surface area contributed by atoms with Gasteiger partial charge in [0.2, 0.25) is 0 Å². The van der Waals surface area contributed by atoms with Gasteiger partial charge in [-0.15, -0.1) is 11.8 Å². The Bertz CT molecular complexity index is 380. The molecule has 5 heteroatoms. The van der Waals surface area contributed by atoms with Crippen molar-refractivity contribution in [3.05, 3.63) is 11.9 Å². The van der Waals surface area contributed by atoms with Gasteiger partial charge in [-0.1, -0.05) is 12.8 Å². The molecule has 0 saturated heterocycles. The Hall–Kier alpha value is -0.810. The predicted octanol–water partition coefficient (Wildman–Crippen LogP) is 2.88. The average molecular weight is 267 g/mol. The molecule has 1 aromatic heterocycles.